The molecule has 1 atom stereocenters. The van der Waals surface area contributed by atoms with E-state index in [2.05, 4.69) is 0 Å². The third-order valence-corrected chi connectivity index (χ3v) is 5.78. The Bertz CT molecular complexity index is 965. The summed E-state index contributed by atoms with van der Waals surface area (Å²) >= 11 is 5.77. The number of carbonyl (C=O) groups excluding carboxylic acids is 1. The Balaban J connectivity index is 1.93. The molecule has 0 radical (unpaired) electrons. The minimum absolute atomic E-state index is 0.0712. The lowest BCUT2D eigenvalue weighted by Gasteiger charge is -2.28. The summed E-state index contributed by atoms with van der Waals surface area (Å²) in [6.07, 6.45) is 1.71. The summed E-state index contributed by atoms with van der Waals surface area (Å²) in [5, 5.41) is -0.205. The maximum absolute atomic E-state index is 13.4. The molecule has 0 saturated carbocycles. The lowest BCUT2D eigenvalue weighted by Crippen LogP contribution is -2.45. The van der Waals surface area contributed by atoms with E-state index in [0.29, 0.717) is 6.42 Å². The van der Waals surface area contributed by atoms with Gasteiger partial charge in [-0.2, -0.15) is 0 Å². The van der Waals surface area contributed by atoms with E-state index in [1.807, 2.05) is 31.2 Å². The van der Waals surface area contributed by atoms with Gasteiger partial charge in [-0.3, -0.25) is 9.10 Å². The van der Waals surface area contributed by atoms with Gasteiger partial charge in [0, 0.05) is 11.7 Å². The Morgan fingerprint density at radius 1 is 1.31 bits per heavy atom. The fourth-order valence-corrected chi connectivity index (χ4v) is 4.20. The number of nitrogens with zero attached hydrogens (tertiary/aromatic N) is 2. The number of benzene rings is 2. The van der Waals surface area contributed by atoms with Crippen molar-refractivity contribution < 1.29 is 17.6 Å². The van der Waals surface area contributed by atoms with Crippen LogP contribution in [0.1, 0.15) is 12.5 Å². The molecule has 0 saturated heterocycles. The molecular weight excluding hydrogens is 379 g/mol. The number of para-hydroxylation sites is 1. The summed E-state index contributed by atoms with van der Waals surface area (Å²) in [7, 11) is -3.76. The molecule has 1 heterocycles. The van der Waals surface area contributed by atoms with Gasteiger partial charge in [-0.1, -0.05) is 29.8 Å². The number of halogens is 2. The van der Waals surface area contributed by atoms with Crippen LogP contribution in [0.3, 0.4) is 0 Å². The maximum Gasteiger partial charge on any atom is 0.248 e. The molecule has 1 aliphatic rings. The van der Waals surface area contributed by atoms with Crippen molar-refractivity contribution in [2.45, 2.75) is 19.4 Å². The van der Waals surface area contributed by atoms with Crippen LogP contribution in [0, 0.1) is 5.82 Å². The van der Waals surface area contributed by atoms with Crippen molar-refractivity contribution in [3.05, 3.63) is 58.9 Å². The molecule has 0 fully saturated rings. The molecule has 0 aliphatic carbocycles. The zero-order valence-corrected chi connectivity index (χ0v) is 15.9. The Hall–Kier alpha value is -2.12. The molecule has 26 heavy (non-hydrogen) atoms. The van der Waals surface area contributed by atoms with E-state index < -0.39 is 15.8 Å². The molecule has 5 nitrogen and oxygen atoms in total. The molecule has 1 amide bonds. The van der Waals surface area contributed by atoms with Crippen molar-refractivity contribution in [1.82, 2.24) is 0 Å². The molecule has 2 aromatic carbocycles. The summed E-state index contributed by atoms with van der Waals surface area (Å²) in [6, 6.07) is 11.0. The number of sulfonamides is 1. The SMILES string of the molecule is C[C@H]1Cc2ccccc2N1C(=O)CN(c1ccc(F)c(Cl)c1)S(C)(=O)=O. The van der Waals surface area contributed by atoms with Gasteiger partial charge in [-0.15, -0.1) is 0 Å². The molecular formula is C18H18ClFN2O3S. The maximum atomic E-state index is 13.4. The number of carbonyl (C=O) groups is 1. The van der Waals surface area contributed by atoms with Gasteiger partial charge in [-0.05, 0) is 43.2 Å². The van der Waals surface area contributed by atoms with Crippen LogP contribution in [-0.4, -0.2) is 33.2 Å². The summed E-state index contributed by atoms with van der Waals surface area (Å²) in [5.74, 6) is -1.01. The number of rotatable bonds is 4. The quantitative estimate of drug-likeness (QED) is 0.797. The zero-order chi connectivity index (χ0) is 19.1. The molecule has 138 valence electrons. The lowest BCUT2D eigenvalue weighted by atomic mass is 10.1. The summed E-state index contributed by atoms with van der Waals surface area (Å²) in [5.41, 5.74) is 1.98. The van der Waals surface area contributed by atoms with Crippen LogP contribution in [-0.2, 0) is 21.2 Å². The monoisotopic (exact) mass is 396 g/mol. The smallest absolute Gasteiger partial charge is 0.248 e. The van der Waals surface area contributed by atoms with E-state index in [9.17, 15) is 17.6 Å². The van der Waals surface area contributed by atoms with Crippen molar-refractivity contribution in [3.8, 4) is 0 Å². The first-order valence-electron chi connectivity index (χ1n) is 8.01. The normalized spacial score (nSPS) is 16.5. The van der Waals surface area contributed by atoms with Crippen LogP contribution in [0.25, 0.3) is 0 Å². The number of anilines is 2. The fraction of sp³-hybridized carbons (Fsp3) is 0.278. The second-order valence-electron chi connectivity index (χ2n) is 6.31. The van der Waals surface area contributed by atoms with Crippen LogP contribution in [0.4, 0.5) is 15.8 Å². The van der Waals surface area contributed by atoms with Gasteiger partial charge in [0.15, 0.2) is 0 Å². The predicted molar refractivity (Wildman–Crippen MR) is 101 cm³/mol. The predicted octanol–water partition coefficient (Wildman–Crippen LogP) is 3.22. The first kappa shape index (κ1) is 18.7. The van der Waals surface area contributed by atoms with Gasteiger partial charge in [0.25, 0.3) is 0 Å². The molecule has 0 spiro atoms. The molecule has 1 aliphatic heterocycles. The standard InChI is InChI=1S/C18H18ClFN2O3S/c1-12-9-13-5-3-4-6-17(13)22(12)18(23)11-21(26(2,24)25)14-7-8-16(20)15(19)10-14/h3-8,10,12H,9,11H2,1-2H3/t12-/m0/s1. The van der Waals surface area contributed by atoms with Gasteiger partial charge in [0.05, 0.1) is 17.0 Å². The van der Waals surface area contributed by atoms with Gasteiger partial charge in [0.2, 0.25) is 15.9 Å². The molecule has 8 heteroatoms. The third-order valence-electron chi connectivity index (χ3n) is 4.35. The van der Waals surface area contributed by atoms with Crippen LogP contribution in [0.2, 0.25) is 5.02 Å². The first-order valence-corrected chi connectivity index (χ1v) is 10.2. The van der Waals surface area contributed by atoms with E-state index >= 15 is 0 Å². The van der Waals surface area contributed by atoms with Crippen LogP contribution in [0.5, 0.6) is 0 Å². The number of amides is 1. The number of hydrogen-bond acceptors (Lipinski definition) is 3. The molecule has 2 aromatic rings. The van der Waals surface area contributed by atoms with E-state index in [4.69, 9.17) is 11.6 Å². The fourth-order valence-electron chi connectivity index (χ4n) is 3.18. The average Bonchev–Trinajstić information content (AvgIpc) is 2.90. The number of fused-ring (bicyclic) bond motifs is 1. The minimum Gasteiger partial charge on any atom is -0.307 e. The van der Waals surface area contributed by atoms with Crippen molar-refractivity contribution in [3.63, 3.8) is 0 Å². The van der Waals surface area contributed by atoms with E-state index in [1.54, 1.807) is 4.90 Å². The molecule has 0 unspecified atom stereocenters. The average molecular weight is 397 g/mol. The Morgan fingerprint density at radius 2 is 2.00 bits per heavy atom. The topological polar surface area (TPSA) is 57.7 Å². The minimum atomic E-state index is -3.76. The van der Waals surface area contributed by atoms with Crippen LogP contribution in [0.15, 0.2) is 42.5 Å². The van der Waals surface area contributed by atoms with Crippen molar-refractivity contribution in [1.29, 1.82) is 0 Å². The van der Waals surface area contributed by atoms with E-state index in [-0.39, 0.29) is 29.2 Å². The second-order valence-corrected chi connectivity index (χ2v) is 8.63. The highest BCUT2D eigenvalue weighted by atomic mass is 35.5. The van der Waals surface area contributed by atoms with Crippen molar-refractivity contribution >= 4 is 38.9 Å². The highest BCUT2D eigenvalue weighted by Gasteiger charge is 2.33. The van der Waals surface area contributed by atoms with Gasteiger partial charge >= 0.3 is 0 Å². The highest BCUT2D eigenvalue weighted by molar-refractivity contribution is 7.92. The summed E-state index contributed by atoms with van der Waals surface area (Å²) in [4.78, 5) is 14.5. The Kier molecular flexibility index (Phi) is 4.94. The molecule has 0 N–H and O–H groups in total. The van der Waals surface area contributed by atoms with Crippen LogP contribution < -0.4 is 9.21 Å². The molecule has 0 aromatic heterocycles. The molecule has 3 rings (SSSR count). The van der Waals surface area contributed by atoms with Crippen LogP contribution >= 0.6 is 11.6 Å². The van der Waals surface area contributed by atoms with Gasteiger partial charge in [-0.25, -0.2) is 12.8 Å². The van der Waals surface area contributed by atoms with Gasteiger partial charge < -0.3 is 4.90 Å². The second kappa shape index (κ2) is 6.89. The third kappa shape index (κ3) is 3.54. The van der Waals surface area contributed by atoms with E-state index in [0.717, 1.165) is 27.9 Å². The molecule has 0 bridgehead atoms. The first-order chi connectivity index (χ1) is 12.2. The summed E-state index contributed by atoms with van der Waals surface area (Å²) in [6.45, 7) is 1.52. The highest BCUT2D eigenvalue weighted by Crippen LogP contribution is 2.32. The number of hydrogen-bond donors (Lipinski definition) is 0. The summed E-state index contributed by atoms with van der Waals surface area (Å²) < 4.78 is 38.8. The van der Waals surface area contributed by atoms with Gasteiger partial charge in [0.1, 0.15) is 12.4 Å². The largest absolute Gasteiger partial charge is 0.307 e. The Morgan fingerprint density at radius 3 is 2.65 bits per heavy atom. The Labute approximate surface area is 157 Å². The van der Waals surface area contributed by atoms with E-state index in [1.165, 1.54) is 12.1 Å². The van der Waals surface area contributed by atoms with Crippen molar-refractivity contribution in [2.75, 3.05) is 22.0 Å². The lowest BCUT2D eigenvalue weighted by molar-refractivity contribution is -0.117. The van der Waals surface area contributed by atoms with Crippen molar-refractivity contribution in [2.24, 2.45) is 0 Å². The zero-order valence-electron chi connectivity index (χ0n) is 14.3.